The molecule has 27 heavy (non-hydrogen) atoms. The second-order valence-corrected chi connectivity index (χ2v) is 7.92. The number of aromatic nitrogens is 1. The number of para-hydroxylation sites is 1. The third-order valence-corrected chi connectivity index (χ3v) is 6.04. The lowest BCUT2D eigenvalue weighted by Crippen LogP contribution is -2.02. The summed E-state index contributed by atoms with van der Waals surface area (Å²) in [6.45, 7) is 0. The van der Waals surface area contributed by atoms with E-state index in [1.165, 1.54) is 4.90 Å². The summed E-state index contributed by atoms with van der Waals surface area (Å²) in [7, 11) is 0. The number of rotatable bonds is 5. The van der Waals surface area contributed by atoms with Crippen molar-refractivity contribution >= 4 is 50.7 Å². The van der Waals surface area contributed by atoms with E-state index in [-0.39, 0.29) is 5.78 Å². The van der Waals surface area contributed by atoms with Crippen LogP contribution in [0.15, 0.2) is 83.8 Å². The molecule has 0 radical (unpaired) electrons. The second kappa shape index (κ2) is 7.91. The van der Waals surface area contributed by atoms with Crippen molar-refractivity contribution in [2.24, 2.45) is 0 Å². The van der Waals surface area contributed by atoms with Crippen molar-refractivity contribution < 1.29 is 4.79 Å². The van der Waals surface area contributed by atoms with Crippen molar-refractivity contribution in [3.8, 4) is 0 Å². The Bertz CT molecular complexity index is 1080. The Morgan fingerprint density at radius 1 is 0.926 bits per heavy atom. The highest BCUT2D eigenvalue weighted by Crippen LogP contribution is 2.31. The molecule has 2 nitrogen and oxygen atoms in total. The molecule has 0 atom stereocenters. The van der Waals surface area contributed by atoms with E-state index in [1.54, 1.807) is 23.1 Å². The first-order valence-corrected chi connectivity index (χ1v) is 10.6. The summed E-state index contributed by atoms with van der Waals surface area (Å²) >= 11 is 3.25. The van der Waals surface area contributed by atoms with Crippen LogP contribution in [0.4, 0.5) is 0 Å². The molecule has 0 saturated carbocycles. The molecule has 0 spiro atoms. The number of hydrogen-bond donors (Lipinski definition) is 0. The number of carbonyl (C=O) groups excluding carboxylic acids is 1. The topological polar surface area (TPSA) is 30.0 Å². The second-order valence-electron chi connectivity index (χ2n) is 6.01. The molecule has 0 N–H and O–H groups in total. The highest BCUT2D eigenvalue weighted by atomic mass is 32.2. The van der Waals surface area contributed by atoms with E-state index < -0.39 is 0 Å². The molecule has 0 amide bonds. The van der Waals surface area contributed by atoms with Gasteiger partial charge in [-0.25, -0.2) is 4.98 Å². The van der Waals surface area contributed by atoms with E-state index in [2.05, 4.69) is 18.4 Å². The van der Waals surface area contributed by atoms with Gasteiger partial charge in [0.05, 0.1) is 15.8 Å². The van der Waals surface area contributed by atoms with Gasteiger partial charge in [0.1, 0.15) is 5.01 Å². The van der Waals surface area contributed by atoms with Crippen LogP contribution >= 0.6 is 23.1 Å². The molecule has 4 aromatic rings. The zero-order chi connectivity index (χ0) is 18.6. The zero-order valence-electron chi connectivity index (χ0n) is 14.8. The number of carbonyl (C=O) groups is 1. The van der Waals surface area contributed by atoms with Crippen LogP contribution in [0.2, 0.25) is 0 Å². The number of thioether (sulfide) groups is 1. The SMILES string of the molecule is CSc1ccc(/C=C(/C(=O)c2ccccc2)c2nc3ccccc3s2)cc1. The lowest BCUT2D eigenvalue weighted by atomic mass is 10.0. The minimum Gasteiger partial charge on any atom is -0.288 e. The van der Waals surface area contributed by atoms with Crippen molar-refractivity contribution in [2.75, 3.05) is 6.26 Å². The van der Waals surface area contributed by atoms with Crippen LogP contribution in [0.3, 0.4) is 0 Å². The van der Waals surface area contributed by atoms with Gasteiger partial charge in [-0.15, -0.1) is 23.1 Å². The van der Waals surface area contributed by atoms with Crippen LogP contribution in [-0.4, -0.2) is 17.0 Å². The molecule has 0 aliphatic carbocycles. The van der Waals surface area contributed by atoms with E-state index in [4.69, 9.17) is 4.98 Å². The predicted octanol–water partition coefficient (Wildman–Crippen LogP) is 6.44. The number of fused-ring (bicyclic) bond motifs is 1. The molecule has 0 saturated heterocycles. The van der Waals surface area contributed by atoms with Crippen molar-refractivity contribution in [3.63, 3.8) is 0 Å². The third kappa shape index (κ3) is 3.87. The Morgan fingerprint density at radius 3 is 2.33 bits per heavy atom. The first kappa shape index (κ1) is 17.7. The number of nitrogens with zero attached hydrogens (tertiary/aromatic N) is 1. The Kier molecular flexibility index (Phi) is 5.19. The summed E-state index contributed by atoms with van der Waals surface area (Å²) in [5.41, 5.74) is 3.20. The largest absolute Gasteiger partial charge is 0.288 e. The number of benzene rings is 3. The maximum atomic E-state index is 13.2. The van der Waals surface area contributed by atoms with Gasteiger partial charge in [0.15, 0.2) is 5.78 Å². The van der Waals surface area contributed by atoms with Crippen LogP contribution in [0.25, 0.3) is 21.9 Å². The van der Waals surface area contributed by atoms with Crippen LogP contribution in [0.1, 0.15) is 20.9 Å². The average molecular weight is 388 g/mol. The van der Waals surface area contributed by atoms with Gasteiger partial charge in [-0.3, -0.25) is 4.79 Å². The van der Waals surface area contributed by atoms with E-state index in [0.717, 1.165) is 20.8 Å². The minimum absolute atomic E-state index is 0.0106. The van der Waals surface area contributed by atoms with Gasteiger partial charge in [-0.1, -0.05) is 54.6 Å². The standard InChI is InChI=1S/C23H17NOS2/c1-26-18-13-11-16(12-14-18)15-19(22(25)17-7-3-2-4-8-17)23-24-20-9-5-6-10-21(20)27-23/h2-15H,1H3/b19-15-. The maximum Gasteiger partial charge on any atom is 0.196 e. The third-order valence-electron chi connectivity index (χ3n) is 4.23. The smallest absolute Gasteiger partial charge is 0.196 e. The van der Waals surface area contributed by atoms with Gasteiger partial charge >= 0.3 is 0 Å². The van der Waals surface area contributed by atoms with Gasteiger partial charge in [0.2, 0.25) is 0 Å². The van der Waals surface area contributed by atoms with Crippen LogP contribution in [0, 0.1) is 0 Å². The van der Waals surface area contributed by atoms with E-state index >= 15 is 0 Å². The summed E-state index contributed by atoms with van der Waals surface area (Å²) in [4.78, 5) is 19.2. The summed E-state index contributed by atoms with van der Waals surface area (Å²) in [5.74, 6) is -0.0106. The molecule has 0 bridgehead atoms. The number of Topliss-reactive ketones (excluding diaryl/α,β-unsaturated/α-hetero) is 1. The van der Waals surface area contributed by atoms with Gasteiger partial charge in [-0.05, 0) is 42.2 Å². The van der Waals surface area contributed by atoms with Crippen molar-refractivity contribution in [1.29, 1.82) is 0 Å². The molecular weight excluding hydrogens is 370 g/mol. The fourth-order valence-corrected chi connectivity index (χ4v) is 4.21. The fourth-order valence-electron chi connectivity index (χ4n) is 2.82. The normalized spacial score (nSPS) is 11.7. The molecule has 0 unspecified atom stereocenters. The van der Waals surface area contributed by atoms with Crippen molar-refractivity contribution in [2.45, 2.75) is 4.90 Å². The maximum absolute atomic E-state index is 13.2. The van der Waals surface area contributed by atoms with Gasteiger partial charge in [0.25, 0.3) is 0 Å². The molecule has 1 heterocycles. The summed E-state index contributed by atoms with van der Waals surface area (Å²) < 4.78 is 1.08. The fraction of sp³-hybridized carbons (Fsp3) is 0.0435. The monoisotopic (exact) mass is 387 g/mol. The molecule has 4 rings (SSSR count). The molecule has 1 aromatic heterocycles. The molecule has 0 aliphatic rings. The van der Waals surface area contributed by atoms with Gasteiger partial charge < -0.3 is 0 Å². The van der Waals surface area contributed by atoms with Crippen LogP contribution in [-0.2, 0) is 0 Å². The molecular formula is C23H17NOS2. The Labute approximate surface area is 166 Å². The number of ketones is 1. The summed E-state index contributed by atoms with van der Waals surface area (Å²) in [6.07, 6.45) is 3.99. The highest BCUT2D eigenvalue weighted by molar-refractivity contribution is 7.98. The zero-order valence-corrected chi connectivity index (χ0v) is 16.4. The Hall–Kier alpha value is -2.69. The molecule has 0 aliphatic heterocycles. The Morgan fingerprint density at radius 2 is 1.63 bits per heavy atom. The molecule has 4 heteroatoms. The van der Waals surface area contributed by atoms with Crippen LogP contribution in [0.5, 0.6) is 0 Å². The average Bonchev–Trinajstić information content (AvgIpc) is 3.16. The van der Waals surface area contributed by atoms with Crippen molar-refractivity contribution in [3.05, 3.63) is 95.0 Å². The van der Waals surface area contributed by atoms with Gasteiger partial charge in [-0.2, -0.15) is 0 Å². The van der Waals surface area contributed by atoms with E-state index in [9.17, 15) is 4.79 Å². The molecule has 3 aromatic carbocycles. The van der Waals surface area contributed by atoms with Gasteiger partial charge in [0, 0.05) is 10.5 Å². The Balaban J connectivity index is 1.83. The number of allylic oxidation sites excluding steroid dienone is 1. The quantitative estimate of drug-likeness (QED) is 0.224. The highest BCUT2D eigenvalue weighted by Gasteiger charge is 2.18. The first-order valence-electron chi connectivity index (χ1n) is 8.56. The van der Waals surface area contributed by atoms with E-state index in [0.29, 0.717) is 11.1 Å². The minimum atomic E-state index is -0.0106. The lowest BCUT2D eigenvalue weighted by molar-refractivity contribution is 0.105. The molecule has 0 fully saturated rings. The lowest BCUT2D eigenvalue weighted by Gasteiger charge is -2.05. The summed E-state index contributed by atoms with van der Waals surface area (Å²) in [5, 5.41) is 0.749. The van der Waals surface area contributed by atoms with Crippen LogP contribution < -0.4 is 0 Å². The number of thiazole rings is 1. The molecule has 132 valence electrons. The van der Waals surface area contributed by atoms with E-state index in [1.807, 2.05) is 72.8 Å². The first-order chi connectivity index (χ1) is 13.2. The van der Waals surface area contributed by atoms with Crippen molar-refractivity contribution in [1.82, 2.24) is 4.98 Å². The predicted molar refractivity (Wildman–Crippen MR) is 116 cm³/mol. The number of hydrogen-bond acceptors (Lipinski definition) is 4. The summed E-state index contributed by atoms with van der Waals surface area (Å²) in [6, 6.07) is 25.6.